The third-order valence-corrected chi connectivity index (χ3v) is 4.89. The molecular formula is C20H30N2O2. The van der Waals surface area contributed by atoms with Gasteiger partial charge in [-0.15, -0.1) is 0 Å². The molecule has 0 saturated heterocycles. The Morgan fingerprint density at radius 3 is 2.04 bits per heavy atom. The van der Waals surface area contributed by atoms with Crippen LogP contribution in [0.1, 0.15) is 56.6 Å². The molecular weight excluding hydrogens is 300 g/mol. The summed E-state index contributed by atoms with van der Waals surface area (Å²) in [5.41, 5.74) is 2.35. The molecule has 1 aromatic rings. The van der Waals surface area contributed by atoms with Crippen molar-refractivity contribution >= 4 is 11.8 Å². The summed E-state index contributed by atoms with van der Waals surface area (Å²) in [7, 11) is 0. The minimum atomic E-state index is 0.0511. The van der Waals surface area contributed by atoms with E-state index < -0.39 is 0 Å². The van der Waals surface area contributed by atoms with Crippen LogP contribution in [0.4, 0.5) is 0 Å². The largest absolute Gasteiger partial charge is 0.356 e. The Morgan fingerprint density at radius 2 is 1.50 bits per heavy atom. The molecule has 2 amide bonds. The monoisotopic (exact) mass is 330 g/mol. The second-order valence-corrected chi connectivity index (χ2v) is 6.90. The van der Waals surface area contributed by atoms with E-state index in [2.05, 4.69) is 36.6 Å². The minimum Gasteiger partial charge on any atom is -0.356 e. The molecule has 2 N–H and O–H groups in total. The lowest BCUT2D eigenvalue weighted by molar-refractivity contribution is -0.130. The van der Waals surface area contributed by atoms with Crippen LogP contribution in [0.5, 0.6) is 0 Å². The highest BCUT2D eigenvalue weighted by atomic mass is 16.2. The van der Waals surface area contributed by atoms with E-state index in [4.69, 9.17) is 0 Å². The van der Waals surface area contributed by atoms with Crippen LogP contribution in [0.2, 0.25) is 0 Å². The molecule has 1 fully saturated rings. The SMILES string of the molecule is CCCCNC(=O)C1CCC(C(=O)NCc2ccc(C)cc2)CC1. The molecule has 2 rings (SSSR count). The number of hydrogen-bond donors (Lipinski definition) is 2. The van der Waals surface area contributed by atoms with Crippen LogP contribution in [0.3, 0.4) is 0 Å². The Hall–Kier alpha value is -1.84. The zero-order valence-electron chi connectivity index (χ0n) is 14.9. The molecule has 0 heterocycles. The van der Waals surface area contributed by atoms with E-state index in [1.54, 1.807) is 0 Å². The predicted octanol–water partition coefficient (Wildman–Crippen LogP) is 3.33. The lowest BCUT2D eigenvalue weighted by Crippen LogP contribution is -2.37. The Kier molecular flexibility index (Phi) is 7.29. The topological polar surface area (TPSA) is 58.2 Å². The average molecular weight is 330 g/mol. The molecule has 0 atom stereocenters. The predicted molar refractivity (Wildman–Crippen MR) is 96.4 cm³/mol. The van der Waals surface area contributed by atoms with Gasteiger partial charge in [-0.3, -0.25) is 9.59 Å². The fraction of sp³-hybridized carbons (Fsp3) is 0.600. The molecule has 1 aromatic carbocycles. The first-order valence-electron chi connectivity index (χ1n) is 9.21. The highest BCUT2D eigenvalue weighted by molar-refractivity contribution is 5.81. The zero-order valence-corrected chi connectivity index (χ0v) is 14.9. The summed E-state index contributed by atoms with van der Waals surface area (Å²) in [4.78, 5) is 24.4. The first-order chi connectivity index (χ1) is 11.6. The van der Waals surface area contributed by atoms with Crippen LogP contribution >= 0.6 is 0 Å². The first kappa shape index (κ1) is 18.5. The lowest BCUT2D eigenvalue weighted by Gasteiger charge is -2.27. The number of nitrogens with one attached hydrogen (secondary N) is 2. The summed E-state index contributed by atoms with van der Waals surface area (Å²) in [6.07, 6.45) is 5.38. The van der Waals surface area contributed by atoms with Gasteiger partial charge in [0.15, 0.2) is 0 Å². The fourth-order valence-corrected chi connectivity index (χ4v) is 3.19. The molecule has 1 saturated carbocycles. The number of aryl methyl sites for hydroxylation is 1. The summed E-state index contributed by atoms with van der Waals surface area (Å²) in [6.45, 7) is 5.52. The Balaban J connectivity index is 1.70. The number of hydrogen-bond acceptors (Lipinski definition) is 2. The summed E-state index contributed by atoms with van der Waals surface area (Å²) in [5.74, 6) is 0.431. The smallest absolute Gasteiger partial charge is 0.223 e. The third-order valence-electron chi connectivity index (χ3n) is 4.89. The van der Waals surface area contributed by atoms with Gasteiger partial charge >= 0.3 is 0 Å². The van der Waals surface area contributed by atoms with Gasteiger partial charge in [-0.2, -0.15) is 0 Å². The second kappa shape index (κ2) is 9.45. The second-order valence-electron chi connectivity index (χ2n) is 6.90. The Morgan fingerprint density at radius 1 is 0.958 bits per heavy atom. The van der Waals surface area contributed by atoms with Gasteiger partial charge in [0.1, 0.15) is 0 Å². The van der Waals surface area contributed by atoms with Crippen molar-refractivity contribution in [3.05, 3.63) is 35.4 Å². The van der Waals surface area contributed by atoms with Gasteiger partial charge in [0.2, 0.25) is 11.8 Å². The number of amides is 2. The summed E-state index contributed by atoms with van der Waals surface area (Å²) in [5, 5.41) is 6.04. The van der Waals surface area contributed by atoms with Crippen molar-refractivity contribution in [1.29, 1.82) is 0 Å². The highest BCUT2D eigenvalue weighted by Gasteiger charge is 2.29. The molecule has 1 aliphatic carbocycles. The molecule has 4 heteroatoms. The number of carbonyl (C=O) groups excluding carboxylic acids is 2. The van der Waals surface area contributed by atoms with Gasteiger partial charge in [0.25, 0.3) is 0 Å². The molecule has 0 aromatic heterocycles. The third kappa shape index (κ3) is 5.66. The van der Waals surface area contributed by atoms with Crippen molar-refractivity contribution in [3.63, 3.8) is 0 Å². The Labute approximate surface area is 145 Å². The van der Waals surface area contributed by atoms with Gasteiger partial charge in [0, 0.05) is 24.9 Å². The maximum atomic E-state index is 12.3. The first-order valence-corrected chi connectivity index (χ1v) is 9.21. The molecule has 132 valence electrons. The van der Waals surface area contributed by atoms with E-state index in [1.807, 2.05) is 12.1 Å². The van der Waals surface area contributed by atoms with Crippen molar-refractivity contribution in [1.82, 2.24) is 10.6 Å². The van der Waals surface area contributed by atoms with Crippen molar-refractivity contribution in [2.75, 3.05) is 6.54 Å². The van der Waals surface area contributed by atoms with Crippen LogP contribution in [0, 0.1) is 18.8 Å². The van der Waals surface area contributed by atoms with E-state index in [-0.39, 0.29) is 23.7 Å². The van der Waals surface area contributed by atoms with Crippen LogP contribution in [-0.2, 0) is 16.1 Å². The quantitative estimate of drug-likeness (QED) is 0.753. The van der Waals surface area contributed by atoms with Crippen LogP contribution < -0.4 is 10.6 Å². The maximum absolute atomic E-state index is 12.3. The van der Waals surface area contributed by atoms with Crippen molar-refractivity contribution in [3.8, 4) is 0 Å². The van der Waals surface area contributed by atoms with Gasteiger partial charge in [0.05, 0.1) is 0 Å². The maximum Gasteiger partial charge on any atom is 0.223 e. The van der Waals surface area contributed by atoms with E-state index in [9.17, 15) is 9.59 Å². The summed E-state index contributed by atoms with van der Waals surface area (Å²) >= 11 is 0. The standard InChI is InChI=1S/C20H30N2O2/c1-3-4-13-21-19(23)17-9-11-18(12-10-17)20(24)22-14-16-7-5-15(2)6-8-16/h5-8,17-18H,3-4,9-14H2,1-2H3,(H,21,23)(H,22,24). The molecule has 4 nitrogen and oxygen atoms in total. The van der Waals surface area contributed by atoms with Gasteiger partial charge < -0.3 is 10.6 Å². The van der Waals surface area contributed by atoms with Crippen LogP contribution in [0.15, 0.2) is 24.3 Å². The van der Waals surface area contributed by atoms with E-state index in [1.165, 1.54) is 5.56 Å². The van der Waals surface area contributed by atoms with Gasteiger partial charge in [-0.05, 0) is 44.6 Å². The van der Waals surface area contributed by atoms with Gasteiger partial charge in [-0.1, -0.05) is 43.2 Å². The van der Waals surface area contributed by atoms with E-state index in [0.29, 0.717) is 6.54 Å². The van der Waals surface area contributed by atoms with Crippen LogP contribution in [-0.4, -0.2) is 18.4 Å². The minimum absolute atomic E-state index is 0.0511. The van der Waals surface area contributed by atoms with Crippen LogP contribution in [0.25, 0.3) is 0 Å². The van der Waals surface area contributed by atoms with Gasteiger partial charge in [-0.25, -0.2) is 0 Å². The molecule has 0 bridgehead atoms. The summed E-state index contributed by atoms with van der Waals surface area (Å²) in [6, 6.07) is 8.22. The van der Waals surface area contributed by atoms with Crippen molar-refractivity contribution in [2.45, 2.75) is 58.9 Å². The molecule has 24 heavy (non-hydrogen) atoms. The van der Waals surface area contributed by atoms with E-state index >= 15 is 0 Å². The number of carbonyl (C=O) groups is 2. The highest BCUT2D eigenvalue weighted by Crippen LogP contribution is 2.29. The van der Waals surface area contributed by atoms with E-state index in [0.717, 1.165) is 50.6 Å². The normalized spacial score (nSPS) is 20.4. The fourth-order valence-electron chi connectivity index (χ4n) is 3.19. The Bertz CT molecular complexity index is 531. The number of benzene rings is 1. The zero-order chi connectivity index (χ0) is 17.4. The van der Waals surface area contributed by atoms with Crippen molar-refractivity contribution in [2.24, 2.45) is 11.8 Å². The number of rotatable bonds is 7. The molecule has 0 aliphatic heterocycles. The lowest BCUT2D eigenvalue weighted by atomic mass is 9.81. The molecule has 1 aliphatic rings. The molecule has 0 radical (unpaired) electrons. The van der Waals surface area contributed by atoms with Crippen molar-refractivity contribution < 1.29 is 9.59 Å². The molecule has 0 spiro atoms. The summed E-state index contributed by atoms with van der Waals surface area (Å²) < 4.78 is 0. The average Bonchev–Trinajstić information content (AvgIpc) is 2.61. The molecule has 0 unspecified atom stereocenters. The number of unbranched alkanes of at least 4 members (excludes halogenated alkanes) is 1.